The summed E-state index contributed by atoms with van der Waals surface area (Å²) in [7, 11) is 1.52. The van der Waals surface area contributed by atoms with E-state index in [1.807, 2.05) is 48.5 Å². The van der Waals surface area contributed by atoms with Gasteiger partial charge in [0.05, 0.1) is 7.11 Å². The van der Waals surface area contributed by atoms with E-state index in [0.29, 0.717) is 23.6 Å². The zero-order chi connectivity index (χ0) is 21.3. The molecule has 0 aromatic heterocycles. The van der Waals surface area contributed by atoms with Crippen molar-refractivity contribution < 1.29 is 23.8 Å². The molecule has 0 unspecified atom stereocenters. The molecule has 0 saturated carbocycles. The van der Waals surface area contributed by atoms with Crippen molar-refractivity contribution in [1.29, 1.82) is 0 Å². The Morgan fingerprint density at radius 2 is 1.80 bits per heavy atom. The third-order valence-electron chi connectivity index (χ3n) is 4.38. The van der Waals surface area contributed by atoms with Gasteiger partial charge in [0.25, 0.3) is 5.91 Å². The summed E-state index contributed by atoms with van der Waals surface area (Å²) in [4.78, 5) is 24.2. The second kappa shape index (κ2) is 10.1. The summed E-state index contributed by atoms with van der Waals surface area (Å²) in [5.74, 6) is -0.148. The first-order valence-corrected chi connectivity index (χ1v) is 9.44. The number of rotatable bonds is 9. The number of anilines is 1. The van der Waals surface area contributed by atoms with E-state index in [1.165, 1.54) is 7.11 Å². The van der Waals surface area contributed by atoms with E-state index in [4.69, 9.17) is 14.2 Å². The molecule has 0 fully saturated rings. The molecule has 0 aliphatic carbocycles. The van der Waals surface area contributed by atoms with Gasteiger partial charge in [-0.3, -0.25) is 4.79 Å². The fourth-order valence-corrected chi connectivity index (χ4v) is 2.97. The SMILES string of the molecule is C=CCc1ccc(OCC(=O)OCC(=O)Nc2cccc3ccccc23)c(OC)c1. The average Bonchev–Trinajstić information content (AvgIpc) is 2.77. The molecule has 154 valence electrons. The molecule has 1 N–H and O–H groups in total. The Kier molecular flexibility index (Phi) is 7.05. The number of esters is 1. The van der Waals surface area contributed by atoms with Crippen LogP contribution in [-0.4, -0.2) is 32.2 Å². The van der Waals surface area contributed by atoms with Crippen LogP contribution in [0.4, 0.5) is 5.69 Å². The van der Waals surface area contributed by atoms with Gasteiger partial charge in [-0.05, 0) is 35.6 Å². The molecule has 3 rings (SSSR count). The number of hydrogen-bond acceptors (Lipinski definition) is 5. The van der Waals surface area contributed by atoms with Gasteiger partial charge in [0.2, 0.25) is 0 Å². The Morgan fingerprint density at radius 3 is 2.60 bits per heavy atom. The van der Waals surface area contributed by atoms with Gasteiger partial charge in [0, 0.05) is 11.1 Å². The molecular weight excluding hydrogens is 382 g/mol. The molecule has 1 amide bonds. The number of benzene rings is 3. The molecule has 6 nitrogen and oxygen atoms in total. The van der Waals surface area contributed by atoms with Crippen molar-refractivity contribution in [1.82, 2.24) is 0 Å². The van der Waals surface area contributed by atoms with Gasteiger partial charge in [-0.15, -0.1) is 6.58 Å². The van der Waals surface area contributed by atoms with Crippen molar-refractivity contribution in [2.75, 3.05) is 25.6 Å². The number of allylic oxidation sites excluding steroid dienone is 1. The number of hydrogen-bond donors (Lipinski definition) is 1. The Hall–Kier alpha value is -3.80. The summed E-state index contributed by atoms with van der Waals surface area (Å²) in [5.41, 5.74) is 1.68. The normalized spacial score (nSPS) is 10.3. The van der Waals surface area contributed by atoms with Gasteiger partial charge in [0.15, 0.2) is 24.7 Å². The van der Waals surface area contributed by atoms with E-state index in [2.05, 4.69) is 11.9 Å². The lowest BCUT2D eigenvalue weighted by Gasteiger charge is -2.12. The molecule has 0 saturated heterocycles. The van der Waals surface area contributed by atoms with E-state index in [9.17, 15) is 9.59 Å². The summed E-state index contributed by atoms with van der Waals surface area (Å²) in [6.45, 7) is 2.97. The third kappa shape index (κ3) is 5.38. The maximum Gasteiger partial charge on any atom is 0.344 e. The van der Waals surface area contributed by atoms with Crippen LogP contribution in [0.2, 0.25) is 0 Å². The second-order valence-electron chi connectivity index (χ2n) is 6.50. The molecule has 0 aliphatic heterocycles. The highest BCUT2D eigenvalue weighted by molar-refractivity contribution is 6.02. The number of fused-ring (bicyclic) bond motifs is 1. The van der Waals surface area contributed by atoms with Gasteiger partial charge < -0.3 is 19.5 Å². The van der Waals surface area contributed by atoms with Crippen molar-refractivity contribution in [3.05, 3.63) is 78.9 Å². The zero-order valence-corrected chi connectivity index (χ0v) is 16.7. The van der Waals surface area contributed by atoms with E-state index >= 15 is 0 Å². The van der Waals surface area contributed by atoms with Gasteiger partial charge in [-0.1, -0.05) is 48.5 Å². The highest BCUT2D eigenvalue weighted by Crippen LogP contribution is 2.28. The first kappa shape index (κ1) is 20.9. The second-order valence-corrected chi connectivity index (χ2v) is 6.50. The summed E-state index contributed by atoms with van der Waals surface area (Å²) in [6, 6.07) is 18.7. The number of nitrogens with one attached hydrogen (secondary N) is 1. The van der Waals surface area contributed by atoms with E-state index < -0.39 is 18.5 Å². The molecule has 0 aliphatic rings. The Balaban J connectivity index is 1.51. The zero-order valence-electron chi connectivity index (χ0n) is 16.7. The van der Waals surface area contributed by atoms with Crippen molar-refractivity contribution >= 4 is 28.3 Å². The van der Waals surface area contributed by atoms with E-state index in [1.54, 1.807) is 18.2 Å². The summed E-state index contributed by atoms with van der Waals surface area (Å²) in [5, 5.41) is 4.69. The fourth-order valence-electron chi connectivity index (χ4n) is 2.97. The van der Waals surface area contributed by atoms with Crippen molar-refractivity contribution in [3.8, 4) is 11.5 Å². The van der Waals surface area contributed by atoms with Gasteiger partial charge in [0.1, 0.15) is 0 Å². The molecule has 0 heterocycles. The number of amides is 1. The van der Waals surface area contributed by atoms with Crippen LogP contribution in [-0.2, 0) is 20.7 Å². The predicted octanol–water partition coefficient (Wildman–Crippen LogP) is 4.14. The summed E-state index contributed by atoms with van der Waals surface area (Å²) in [6.07, 6.45) is 2.49. The molecule has 6 heteroatoms. The first-order chi connectivity index (χ1) is 14.6. The largest absolute Gasteiger partial charge is 0.493 e. The van der Waals surface area contributed by atoms with Crippen LogP contribution in [0.25, 0.3) is 10.8 Å². The van der Waals surface area contributed by atoms with Crippen LogP contribution >= 0.6 is 0 Å². The summed E-state index contributed by atoms with van der Waals surface area (Å²) < 4.78 is 15.8. The lowest BCUT2D eigenvalue weighted by molar-refractivity contribution is -0.149. The minimum absolute atomic E-state index is 0.335. The molecule has 0 spiro atoms. The maximum absolute atomic E-state index is 12.2. The molecule has 3 aromatic rings. The maximum atomic E-state index is 12.2. The number of ether oxygens (including phenoxy) is 3. The lowest BCUT2D eigenvalue weighted by Crippen LogP contribution is -2.23. The van der Waals surface area contributed by atoms with Crippen LogP contribution < -0.4 is 14.8 Å². The standard InChI is InChI=1S/C24H23NO5/c1-3-7-17-12-13-21(22(14-17)28-2)29-16-24(27)30-15-23(26)25-20-11-6-9-18-8-4-5-10-19(18)20/h3-6,8-14H,1,7,15-16H2,2H3,(H,25,26). The third-order valence-corrected chi connectivity index (χ3v) is 4.38. The molecule has 3 aromatic carbocycles. The van der Waals surface area contributed by atoms with Crippen LogP contribution in [0.3, 0.4) is 0 Å². The van der Waals surface area contributed by atoms with Crippen molar-refractivity contribution in [2.45, 2.75) is 6.42 Å². The average molecular weight is 405 g/mol. The fraction of sp³-hybridized carbons (Fsp3) is 0.167. The van der Waals surface area contributed by atoms with Crippen LogP contribution in [0, 0.1) is 0 Å². The highest BCUT2D eigenvalue weighted by Gasteiger charge is 2.12. The molecule has 0 bridgehead atoms. The molecule has 0 atom stereocenters. The Bertz CT molecular complexity index is 1060. The van der Waals surface area contributed by atoms with Gasteiger partial charge in [-0.2, -0.15) is 0 Å². The quantitative estimate of drug-likeness (QED) is 0.428. The van der Waals surface area contributed by atoms with Crippen molar-refractivity contribution in [3.63, 3.8) is 0 Å². The molecule has 30 heavy (non-hydrogen) atoms. The van der Waals surface area contributed by atoms with Crippen LogP contribution in [0.15, 0.2) is 73.3 Å². The lowest BCUT2D eigenvalue weighted by atomic mass is 10.1. The van der Waals surface area contributed by atoms with Crippen LogP contribution in [0.5, 0.6) is 11.5 Å². The Labute approximate surface area is 175 Å². The number of carbonyl (C=O) groups is 2. The minimum atomic E-state index is -0.653. The first-order valence-electron chi connectivity index (χ1n) is 9.44. The van der Waals surface area contributed by atoms with Crippen LogP contribution in [0.1, 0.15) is 5.56 Å². The predicted molar refractivity (Wildman–Crippen MR) is 116 cm³/mol. The van der Waals surface area contributed by atoms with Gasteiger partial charge in [-0.25, -0.2) is 4.79 Å². The minimum Gasteiger partial charge on any atom is -0.493 e. The number of carbonyl (C=O) groups excluding carboxylic acids is 2. The summed E-state index contributed by atoms with van der Waals surface area (Å²) >= 11 is 0. The number of methoxy groups -OCH3 is 1. The molecular formula is C24H23NO5. The van der Waals surface area contributed by atoms with Gasteiger partial charge >= 0.3 is 5.97 Å². The monoisotopic (exact) mass is 405 g/mol. The van der Waals surface area contributed by atoms with E-state index in [-0.39, 0.29) is 6.61 Å². The molecule has 0 radical (unpaired) electrons. The van der Waals surface area contributed by atoms with Crippen molar-refractivity contribution in [2.24, 2.45) is 0 Å². The van der Waals surface area contributed by atoms with E-state index in [0.717, 1.165) is 16.3 Å². The topological polar surface area (TPSA) is 73.9 Å². The Morgan fingerprint density at radius 1 is 1.00 bits per heavy atom. The highest BCUT2D eigenvalue weighted by atomic mass is 16.6. The smallest absolute Gasteiger partial charge is 0.344 e.